The van der Waals surface area contributed by atoms with Crippen molar-refractivity contribution < 1.29 is 18.6 Å². The molecule has 1 aromatic rings. The highest BCUT2D eigenvalue weighted by atomic mass is 16.7. The molecule has 0 bridgehead atoms. The van der Waals surface area contributed by atoms with Crippen LogP contribution < -0.4 is 0 Å². The molecule has 3 rings (SSSR count). The second kappa shape index (κ2) is 6.48. The number of hydrogen-bond acceptors (Lipinski definition) is 4. The van der Waals surface area contributed by atoms with Gasteiger partial charge in [-0.05, 0) is 66.4 Å². The average Bonchev–Trinajstić information content (AvgIpc) is 2.88. The van der Waals surface area contributed by atoms with Gasteiger partial charge in [0.25, 0.3) is 0 Å². The maximum absolute atomic E-state index is 6.37. The molecule has 0 radical (unpaired) electrons. The fraction of sp³-hybridized carbons (Fsp3) is 0.619. The molecule has 27 heavy (non-hydrogen) atoms. The molecule has 4 nitrogen and oxygen atoms in total. The fourth-order valence-electron chi connectivity index (χ4n) is 3.37. The molecule has 0 unspecified atom stereocenters. The Bertz CT molecular complexity index is 680. The summed E-state index contributed by atoms with van der Waals surface area (Å²) in [5, 5.41) is 0. The van der Waals surface area contributed by atoms with Crippen molar-refractivity contribution in [3.8, 4) is 0 Å². The van der Waals surface area contributed by atoms with E-state index in [0.29, 0.717) is 0 Å². The molecule has 0 spiro atoms. The van der Waals surface area contributed by atoms with Crippen molar-refractivity contribution in [3.63, 3.8) is 0 Å². The zero-order chi connectivity index (χ0) is 20.3. The number of allylic oxidation sites excluding steroid dienone is 1. The van der Waals surface area contributed by atoms with Gasteiger partial charge in [0.1, 0.15) is 0 Å². The van der Waals surface area contributed by atoms with Gasteiger partial charge in [-0.25, -0.2) is 0 Å². The Kier molecular flexibility index (Phi) is 4.96. The first-order valence-corrected chi connectivity index (χ1v) is 9.72. The van der Waals surface area contributed by atoms with E-state index in [0.717, 1.165) is 11.0 Å². The summed E-state index contributed by atoms with van der Waals surface area (Å²) in [7, 11) is -0.969. The van der Waals surface area contributed by atoms with Crippen LogP contribution in [0.1, 0.15) is 66.8 Å². The van der Waals surface area contributed by atoms with Crippen LogP contribution in [0.25, 0.3) is 0 Å². The van der Waals surface area contributed by atoms with Crippen LogP contribution in [0.5, 0.6) is 0 Å². The number of rotatable bonds is 4. The molecular formula is C21H32B2O4. The maximum atomic E-state index is 6.37. The average molecular weight is 370 g/mol. The Morgan fingerprint density at radius 2 is 1.15 bits per heavy atom. The van der Waals surface area contributed by atoms with Crippen molar-refractivity contribution in [3.05, 3.63) is 47.9 Å². The van der Waals surface area contributed by atoms with Gasteiger partial charge in [-0.3, -0.25) is 0 Å². The van der Waals surface area contributed by atoms with Crippen LogP contribution in [0.3, 0.4) is 0 Å². The lowest BCUT2D eigenvalue weighted by molar-refractivity contribution is 0.00578. The van der Waals surface area contributed by atoms with Gasteiger partial charge < -0.3 is 18.6 Å². The highest BCUT2D eigenvalue weighted by Gasteiger charge is 2.58. The zero-order valence-electron chi connectivity index (χ0n) is 18.0. The van der Waals surface area contributed by atoms with Crippen LogP contribution in [0.2, 0.25) is 0 Å². The maximum Gasteiger partial charge on any atom is 0.490 e. The molecule has 146 valence electrons. The topological polar surface area (TPSA) is 36.9 Å². The third-order valence-electron chi connectivity index (χ3n) is 6.66. The molecule has 6 heteroatoms. The summed E-state index contributed by atoms with van der Waals surface area (Å²) in [4.78, 5) is 0. The predicted molar refractivity (Wildman–Crippen MR) is 110 cm³/mol. The van der Waals surface area contributed by atoms with E-state index in [1.165, 1.54) is 0 Å². The van der Waals surface area contributed by atoms with Crippen molar-refractivity contribution in [1.29, 1.82) is 0 Å². The van der Waals surface area contributed by atoms with Gasteiger partial charge in [0.15, 0.2) is 0 Å². The summed E-state index contributed by atoms with van der Waals surface area (Å²) in [5.74, 6) is -0.193. The quantitative estimate of drug-likeness (QED) is 0.727. The van der Waals surface area contributed by atoms with Gasteiger partial charge in [0.2, 0.25) is 0 Å². The Morgan fingerprint density at radius 1 is 0.741 bits per heavy atom. The van der Waals surface area contributed by atoms with Crippen LogP contribution in [0.15, 0.2) is 42.4 Å². The minimum absolute atomic E-state index is 0.193. The van der Waals surface area contributed by atoms with Gasteiger partial charge >= 0.3 is 14.2 Å². The lowest BCUT2D eigenvalue weighted by Gasteiger charge is -2.32. The van der Waals surface area contributed by atoms with Crippen LogP contribution in [0, 0.1) is 0 Å². The summed E-state index contributed by atoms with van der Waals surface area (Å²) in [5.41, 5.74) is 0.228. The molecule has 0 aliphatic carbocycles. The molecule has 0 N–H and O–H groups in total. The van der Waals surface area contributed by atoms with Gasteiger partial charge in [0.05, 0.1) is 22.4 Å². The summed E-state index contributed by atoms with van der Waals surface area (Å²) < 4.78 is 25.3. The largest absolute Gasteiger partial charge is 0.490 e. The summed E-state index contributed by atoms with van der Waals surface area (Å²) >= 11 is 0. The van der Waals surface area contributed by atoms with Crippen LogP contribution in [0.4, 0.5) is 0 Å². The molecule has 2 aliphatic rings. The van der Waals surface area contributed by atoms with E-state index in [9.17, 15) is 0 Å². The molecule has 2 fully saturated rings. The Labute approximate surface area is 164 Å². The van der Waals surface area contributed by atoms with Gasteiger partial charge in [-0.2, -0.15) is 0 Å². The minimum atomic E-state index is -0.515. The van der Waals surface area contributed by atoms with Crippen molar-refractivity contribution >= 4 is 14.2 Å². The van der Waals surface area contributed by atoms with E-state index in [1.54, 1.807) is 0 Å². The standard InChI is InChI=1S/C21H32B2O4/c1-15(22-24-18(2,3)19(4,5)25-22)17(16-13-11-10-12-14-16)23-26-20(6,7)21(8,9)27-23/h10-14,17H,1H2,2-9H3/t17-/m0/s1. The molecule has 1 aromatic carbocycles. The Hall–Kier alpha value is -1.07. The third-order valence-corrected chi connectivity index (χ3v) is 6.66. The lowest BCUT2D eigenvalue weighted by Crippen LogP contribution is -2.41. The molecular weight excluding hydrogens is 338 g/mol. The first kappa shape index (κ1) is 20.7. The lowest BCUT2D eigenvalue weighted by atomic mass is 9.55. The van der Waals surface area contributed by atoms with Crippen LogP contribution >= 0.6 is 0 Å². The normalized spacial score (nSPS) is 26.2. The minimum Gasteiger partial charge on any atom is -0.403 e. The van der Waals surface area contributed by atoms with Crippen molar-refractivity contribution in [2.24, 2.45) is 0 Å². The van der Waals surface area contributed by atoms with E-state index in [4.69, 9.17) is 18.6 Å². The molecule has 2 heterocycles. The zero-order valence-corrected chi connectivity index (χ0v) is 18.0. The second-order valence-electron chi connectivity index (χ2n) is 9.68. The van der Waals surface area contributed by atoms with E-state index in [1.807, 2.05) is 45.9 Å². The second-order valence-corrected chi connectivity index (χ2v) is 9.68. The molecule has 0 amide bonds. The molecule has 1 atom stereocenters. The van der Waals surface area contributed by atoms with E-state index >= 15 is 0 Å². The third kappa shape index (κ3) is 3.53. The van der Waals surface area contributed by atoms with Gasteiger partial charge in [-0.15, -0.1) is 6.58 Å². The highest BCUT2D eigenvalue weighted by molar-refractivity contribution is 6.60. The summed E-state index contributed by atoms with van der Waals surface area (Å²) in [6, 6.07) is 10.2. The number of hydrogen-bond donors (Lipinski definition) is 0. The van der Waals surface area contributed by atoms with Crippen molar-refractivity contribution in [2.45, 2.75) is 83.6 Å². The predicted octanol–water partition coefficient (Wildman–Crippen LogP) is 4.59. The monoisotopic (exact) mass is 370 g/mol. The Morgan fingerprint density at radius 3 is 1.59 bits per heavy atom. The summed E-state index contributed by atoms with van der Waals surface area (Å²) in [6.45, 7) is 20.8. The number of benzene rings is 1. The van der Waals surface area contributed by atoms with E-state index in [-0.39, 0.29) is 5.82 Å². The molecule has 2 saturated heterocycles. The van der Waals surface area contributed by atoms with Crippen molar-refractivity contribution in [2.75, 3.05) is 0 Å². The van der Waals surface area contributed by atoms with Gasteiger partial charge in [0, 0.05) is 5.82 Å². The van der Waals surface area contributed by atoms with Crippen molar-refractivity contribution in [1.82, 2.24) is 0 Å². The van der Waals surface area contributed by atoms with Crippen LogP contribution in [-0.4, -0.2) is 36.6 Å². The first-order valence-electron chi connectivity index (χ1n) is 9.72. The summed E-state index contributed by atoms with van der Waals surface area (Å²) in [6.07, 6.45) is 0. The SMILES string of the molecule is C=C(B1OC(C)(C)C(C)(C)O1)[C@H](B1OC(C)(C)C(C)(C)O1)c1ccccc1. The fourth-order valence-corrected chi connectivity index (χ4v) is 3.37. The smallest absolute Gasteiger partial charge is 0.403 e. The molecule has 0 saturated carbocycles. The van der Waals surface area contributed by atoms with Crippen LogP contribution in [-0.2, 0) is 18.6 Å². The molecule has 2 aliphatic heterocycles. The highest BCUT2D eigenvalue weighted by Crippen LogP contribution is 2.46. The van der Waals surface area contributed by atoms with E-state index < -0.39 is 36.6 Å². The Balaban J connectivity index is 1.94. The van der Waals surface area contributed by atoms with Gasteiger partial charge in [-0.1, -0.05) is 30.3 Å². The molecule has 0 aromatic heterocycles. The first-order chi connectivity index (χ1) is 12.3. The van der Waals surface area contributed by atoms with E-state index in [2.05, 4.69) is 46.4 Å².